The van der Waals surface area contributed by atoms with Gasteiger partial charge in [0.25, 0.3) is 0 Å². The van der Waals surface area contributed by atoms with E-state index in [1.54, 1.807) is 12.4 Å². The van der Waals surface area contributed by atoms with Gasteiger partial charge in [-0.3, -0.25) is 18.7 Å². The van der Waals surface area contributed by atoms with Gasteiger partial charge >= 0.3 is 0 Å². The number of ether oxygens (including phenoxy) is 2. The molecule has 0 radical (unpaired) electrons. The molecule has 0 N–H and O–H groups in total. The molecule has 0 amide bonds. The van der Waals surface area contributed by atoms with Gasteiger partial charge in [0.2, 0.25) is 0 Å². The molecule has 0 atom stereocenters. The van der Waals surface area contributed by atoms with E-state index < -0.39 is 6.67 Å². The lowest BCUT2D eigenvalue weighted by atomic mass is 10.1. The van der Waals surface area contributed by atoms with Crippen LogP contribution in [-0.4, -0.2) is 69.1 Å². The number of alkyl halides is 1. The Morgan fingerprint density at radius 3 is 2.84 bits per heavy atom. The summed E-state index contributed by atoms with van der Waals surface area (Å²) in [6, 6.07) is 8.20. The number of pyridine rings is 1. The quantitative estimate of drug-likeness (QED) is 0.412. The minimum absolute atomic E-state index is 0.305. The van der Waals surface area contributed by atoms with E-state index >= 15 is 0 Å². The van der Waals surface area contributed by atoms with Crippen LogP contribution < -0.4 is 4.74 Å². The highest BCUT2D eigenvalue weighted by Crippen LogP contribution is 2.27. The number of benzene rings is 1. The van der Waals surface area contributed by atoms with Crippen LogP contribution >= 0.6 is 0 Å². The highest BCUT2D eigenvalue weighted by molar-refractivity contribution is 5.81. The molecule has 0 unspecified atom stereocenters. The summed E-state index contributed by atoms with van der Waals surface area (Å²) in [4.78, 5) is 11.4. The maximum Gasteiger partial charge on any atom is 0.183 e. The molecular weight excluding hydrogens is 411 g/mol. The van der Waals surface area contributed by atoms with Crippen LogP contribution in [0.1, 0.15) is 17.7 Å². The zero-order valence-electron chi connectivity index (χ0n) is 18.0. The van der Waals surface area contributed by atoms with E-state index in [0.29, 0.717) is 30.2 Å². The Balaban J connectivity index is 1.57. The Labute approximate surface area is 185 Å². The van der Waals surface area contributed by atoms with Crippen molar-refractivity contribution in [3.8, 4) is 17.1 Å². The Morgan fingerprint density at radius 1 is 1.12 bits per heavy atom. The van der Waals surface area contributed by atoms with E-state index in [0.717, 1.165) is 55.1 Å². The van der Waals surface area contributed by atoms with Crippen molar-refractivity contribution in [1.82, 2.24) is 29.5 Å². The number of hydrogen-bond donors (Lipinski definition) is 0. The summed E-state index contributed by atoms with van der Waals surface area (Å²) < 4.78 is 25.5. The predicted molar refractivity (Wildman–Crippen MR) is 118 cm³/mol. The first-order chi connectivity index (χ1) is 15.7. The molecule has 166 valence electrons. The molecule has 0 spiro atoms. The standard InChI is InChI=1S/C23H25FN6O2/c1-16-22-27-28-23(18-12-19(14-25-13-18)32-8-2-5-24)30(22)21-11-17(3-4-20(21)26-16)15-29-6-9-31-10-7-29/h3-4,11-14H,2,5-10,15H2,1H3. The highest BCUT2D eigenvalue weighted by atomic mass is 19.1. The van der Waals surface area contributed by atoms with Gasteiger partial charge in [-0.2, -0.15) is 0 Å². The summed E-state index contributed by atoms with van der Waals surface area (Å²) in [6.07, 6.45) is 3.70. The van der Waals surface area contributed by atoms with Crippen molar-refractivity contribution in [2.45, 2.75) is 19.9 Å². The maximum absolute atomic E-state index is 12.4. The van der Waals surface area contributed by atoms with E-state index in [1.807, 2.05) is 17.4 Å². The van der Waals surface area contributed by atoms with Crippen LogP contribution in [0.5, 0.6) is 5.75 Å². The van der Waals surface area contributed by atoms with Crippen LogP contribution in [-0.2, 0) is 11.3 Å². The Morgan fingerprint density at radius 2 is 2.00 bits per heavy atom. The maximum atomic E-state index is 12.4. The summed E-state index contributed by atoms with van der Waals surface area (Å²) in [7, 11) is 0. The Kier molecular flexibility index (Phi) is 5.91. The van der Waals surface area contributed by atoms with Gasteiger partial charge in [0.15, 0.2) is 11.5 Å². The fourth-order valence-corrected chi connectivity index (χ4v) is 3.99. The molecule has 1 fully saturated rings. The zero-order chi connectivity index (χ0) is 21.9. The van der Waals surface area contributed by atoms with Gasteiger partial charge in [0.05, 0.1) is 49.4 Å². The molecule has 0 saturated carbocycles. The smallest absolute Gasteiger partial charge is 0.183 e. The molecule has 1 aliphatic heterocycles. The molecule has 5 rings (SSSR count). The first kappa shape index (κ1) is 20.7. The second-order valence-corrected chi connectivity index (χ2v) is 7.89. The molecule has 0 bridgehead atoms. The lowest BCUT2D eigenvalue weighted by Gasteiger charge is -2.26. The summed E-state index contributed by atoms with van der Waals surface area (Å²) in [5, 5.41) is 8.85. The lowest BCUT2D eigenvalue weighted by molar-refractivity contribution is 0.0342. The number of morpholine rings is 1. The number of rotatable bonds is 7. The molecule has 9 heteroatoms. The molecule has 32 heavy (non-hydrogen) atoms. The van der Waals surface area contributed by atoms with Gasteiger partial charge in [-0.25, -0.2) is 4.98 Å². The zero-order valence-corrected chi connectivity index (χ0v) is 18.0. The predicted octanol–water partition coefficient (Wildman–Crippen LogP) is 3.22. The van der Waals surface area contributed by atoms with Crippen molar-refractivity contribution in [1.29, 1.82) is 0 Å². The highest BCUT2D eigenvalue weighted by Gasteiger charge is 2.17. The largest absolute Gasteiger partial charge is 0.492 e. The van der Waals surface area contributed by atoms with Crippen molar-refractivity contribution in [3.05, 3.63) is 47.9 Å². The van der Waals surface area contributed by atoms with E-state index in [9.17, 15) is 4.39 Å². The van der Waals surface area contributed by atoms with E-state index in [-0.39, 0.29) is 0 Å². The molecule has 4 aromatic rings. The lowest BCUT2D eigenvalue weighted by Crippen LogP contribution is -2.35. The third-order valence-electron chi connectivity index (χ3n) is 5.58. The first-order valence-electron chi connectivity index (χ1n) is 10.8. The van der Waals surface area contributed by atoms with Gasteiger partial charge in [-0.15, -0.1) is 10.2 Å². The van der Waals surface area contributed by atoms with E-state index in [2.05, 4.69) is 38.3 Å². The monoisotopic (exact) mass is 436 g/mol. The average molecular weight is 436 g/mol. The van der Waals surface area contributed by atoms with Gasteiger partial charge in [0, 0.05) is 37.8 Å². The van der Waals surface area contributed by atoms with Crippen molar-refractivity contribution in [2.75, 3.05) is 39.6 Å². The number of hydrogen-bond acceptors (Lipinski definition) is 7. The second kappa shape index (κ2) is 9.13. The van der Waals surface area contributed by atoms with Crippen LogP contribution in [0.3, 0.4) is 0 Å². The van der Waals surface area contributed by atoms with Gasteiger partial charge in [-0.05, 0) is 30.7 Å². The minimum atomic E-state index is -0.410. The molecular formula is C23H25FN6O2. The fourth-order valence-electron chi connectivity index (χ4n) is 3.99. The summed E-state index contributed by atoms with van der Waals surface area (Å²) in [5.41, 5.74) is 5.32. The summed E-state index contributed by atoms with van der Waals surface area (Å²) >= 11 is 0. The fraction of sp³-hybridized carbons (Fsp3) is 0.391. The van der Waals surface area contributed by atoms with Crippen molar-refractivity contribution < 1.29 is 13.9 Å². The van der Waals surface area contributed by atoms with Crippen LogP contribution in [0.2, 0.25) is 0 Å². The number of halogens is 1. The third-order valence-corrected chi connectivity index (χ3v) is 5.58. The topological polar surface area (TPSA) is 77.7 Å². The van der Waals surface area contributed by atoms with Gasteiger partial charge in [-0.1, -0.05) is 6.07 Å². The number of nitrogens with zero attached hydrogens (tertiary/aromatic N) is 6. The van der Waals surface area contributed by atoms with E-state index in [1.165, 1.54) is 5.56 Å². The van der Waals surface area contributed by atoms with Crippen molar-refractivity contribution in [2.24, 2.45) is 0 Å². The van der Waals surface area contributed by atoms with Crippen molar-refractivity contribution in [3.63, 3.8) is 0 Å². The van der Waals surface area contributed by atoms with E-state index in [4.69, 9.17) is 14.5 Å². The second-order valence-electron chi connectivity index (χ2n) is 7.89. The Hall–Kier alpha value is -3.17. The average Bonchev–Trinajstić information content (AvgIpc) is 3.27. The van der Waals surface area contributed by atoms with Crippen LogP contribution in [0.4, 0.5) is 4.39 Å². The summed E-state index contributed by atoms with van der Waals surface area (Å²) in [6.45, 7) is 6.08. The number of fused-ring (bicyclic) bond motifs is 3. The number of aryl methyl sites for hydroxylation is 1. The molecule has 3 aromatic heterocycles. The van der Waals surface area contributed by atoms with Gasteiger partial charge < -0.3 is 9.47 Å². The summed E-state index contributed by atoms with van der Waals surface area (Å²) in [5.74, 6) is 1.25. The molecule has 0 aliphatic carbocycles. The minimum Gasteiger partial charge on any atom is -0.492 e. The molecule has 1 aromatic carbocycles. The van der Waals surface area contributed by atoms with Crippen LogP contribution in [0.15, 0.2) is 36.7 Å². The molecule has 1 aliphatic rings. The first-order valence-corrected chi connectivity index (χ1v) is 10.8. The van der Waals surface area contributed by atoms with Crippen LogP contribution in [0.25, 0.3) is 28.1 Å². The molecule has 4 heterocycles. The molecule has 8 nitrogen and oxygen atoms in total. The molecule has 1 saturated heterocycles. The third kappa shape index (κ3) is 4.13. The van der Waals surface area contributed by atoms with Gasteiger partial charge in [0.1, 0.15) is 5.75 Å². The van der Waals surface area contributed by atoms with Crippen LogP contribution in [0, 0.1) is 6.92 Å². The normalized spacial score (nSPS) is 14.9. The SMILES string of the molecule is Cc1nc2ccc(CN3CCOCC3)cc2n2c(-c3cncc(OCCCF)c3)nnc12. The Bertz CT molecular complexity index is 1240. The number of aromatic nitrogens is 5. The van der Waals surface area contributed by atoms with Crippen molar-refractivity contribution >= 4 is 16.7 Å².